The Morgan fingerprint density at radius 1 is 0.900 bits per heavy atom. The van der Waals surface area contributed by atoms with Crippen molar-refractivity contribution in [2.45, 2.75) is 51.7 Å². The number of phenolic OH excluding ortho intramolecular Hbond substituents is 1. The van der Waals surface area contributed by atoms with Gasteiger partial charge >= 0.3 is 6.09 Å². The van der Waals surface area contributed by atoms with Gasteiger partial charge in [0.05, 0.1) is 36.9 Å². The second kappa shape index (κ2) is 21.1. The van der Waals surface area contributed by atoms with E-state index in [0.717, 1.165) is 62.1 Å². The number of hydrogen-bond donors (Lipinski definition) is 5. The van der Waals surface area contributed by atoms with E-state index in [9.17, 15) is 24.6 Å². The first-order chi connectivity index (χ1) is 28.7. The summed E-state index contributed by atoms with van der Waals surface area (Å²) in [5, 5.41) is 27.6. The summed E-state index contributed by atoms with van der Waals surface area (Å²) in [6.45, 7) is 5.17. The Balaban J connectivity index is 0.00000604. The predicted molar refractivity (Wildman–Crippen MR) is 236 cm³/mol. The van der Waals surface area contributed by atoms with E-state index in [1.807, 2.05) is 54.6 Å². The highest BCUT2D eigenvalue weighted by Gasteiger charge is 2.42. The third-order valence-corrected chi connectivity index (χ3v) is 11.7. The summed E-state index contributed by atoms with van der Waals surface area (Å²) in [5.41, 5.74) is 5.85. The second-order valence-corrected chi connectivity index (χ2v) is 15.8. The summed E-state index contributed by atoms with van der Waals surface area (Å²) in [6.07, 6.45) is 2.54. The smallest absolute Gasteiger partial charge is 0.411 e. The van der Waals surface area contributed by atoms with Crippen molar-refractivity contribution in [2.24, 2.45) is 11.8 Å². The number of carbonyl (C=O) groups is 2. The van der Waals surface area contributed by atoms with Crippen LogP contribution in [0.2, 0.25) is 0 Å². The summed E-state index contributed by atoms with van der Waals surface area (Å²) in [6, 6.07) is 32.6. The molecule has 1 saturated carbocycles. The highest BCUT2D eigenvalue weighted by molar-refractivity contribution is 5.91. The third kappa shape index (κ3) is 11.6. The number of aromatic amines is 1. The minimum Gasteiger partial charge on any atom is -0.506 e. The molecule has 0 radical (unpaired) electrons. The highest BCUT2D eigenvalue weighted by atomic mass is 16.6. The molecule has 0 bridgehead atoms. The number of phenols is 1. The lowest BCUT2D eigenvalue weighted by molar-refractivity contribution is -0.131. The average Bonchev–Trinajstić information content (AvgIpc) is 3.80. The van der Waals surface area contributed by atoms with Crippen molar-refractivity contribution in [3.8, 4) is 16.9 Å². The summed E-state index contributed by atoms with van der Waals surface area (Å²) in [4.78, 5) is 44.1. The fraction of sp³-hybridized carbons (Fsp3) is 0.396. The van der Waals surface area contributed by atoms with Gasteiger partial charge in [0.1, 0.15) is 11.9 Å². The molecule has 1 saturated heterocycles. The number of aromatic hydroxyl groups is 1. The molecular formula is C48H59N5O7. The van der Waals surface area contributed by atoms with Gasteiger partial charge in [0.15, 0.2) is 0 Å². The lowest BCUT2D eigenvalue weighted by Gasteiger charge is -2.20. The summed E-state index contributed by atoms with van der Waals surface area (Å²) in [5.74, 6) is 1.03. The Kier molecular flexibility index (Phi) is 15.5. The number of nitrogens with one attached hydrogen (secondary N) is 3. The van der Waals surface area contributed by atoms with E-state index in [2.05, 4.69) is 44.8 Å². The number of benzene rings is 4. The minimum atomic E-state index is -0.863. The van der Waals surface area contributed by atoms with Crippen molar-refractivity contribution in [2.75, 3.05) is 64.8 Å². The monoisotopic (exact) mass is 817 g/mol. The normalized spacial score (nSPS) is 17.8. The zero-order valence-electron chi connectivity index (χ0n) is 33.6. The maximum Gasteiger partial charge on any atom is 0.411 e. The first kappa shape index (κ1) is 44.0. The number of fused-ring (bicyclic) bond motifs is 2. The number of para-hydroxylation sites is 1. The largest absolute Gasteiger partial charge is 0.506 e. The van der Waals surface area contributed by atoms with Crippen LogP contribution in [-0.4, -0.2) is 103 Å². The van der Waals surface area contributed by atoms with Crippen LogP contribution in [0.4, 0.5) is 10.5 Å². The molecule has 2 heterocycles. The van der Waals surface area contributed by atoms with Crippen LogP contribution < -0.4 is 16.2 Å². The molecule has 3 unspecified atom stereocenters. The number of likely N-dealkylation sites (tertiary alicyclic amines) is 1. The number of carbonyl (C=O) groups excluding carboxylic acids is 2. The topological polar surface area (TPSA) is 156 Å². The molecule has 3 atom stereocenters. The van der Waals surface area contributed by atoms with E-state index in [1.165, 1.54) is 23.3 Å². The Labute approximate surface area is 352 Å². The van der Waals surface area contributed by atoms with E-state index in [0.29, 0.717) is 54.6 Å². The second-order valence-electron chi connectivity index (χ2n) is 15.8. The van der Waals surface area contributed by atoms with Gasteiger partial charge in [0.2, 0.25) is 11.5 Å². The molecule has 12 nitrogen and oxygen atoms in total. The van der Waals surface area contributed by atoms with E-state index < -0.39 is 6.10 Å². The van der Waals surface area contributed by atoms with Gasteiger partial charge in [0.25, 0.3) is 0 Å². The van der Waals surface area contributed by atoms with Crippen molar-refractivity contribution in [1.82, 2.24) is 20.1 Å². The Morgan fingerprint density at radius 3 is 2.42 bits per heavy atom. The molecule has 2 fully saturated rings. The van der Waals surface area contributed by atoms with E-state index in [-0.39, 0.29) is 49.8 Å². The molecule has 1 aliphatic carbocycles. The number of likely N-dealkylation sites (N-methyl/N-ethyl adjacent to an activating group) is 1. The molecule has 12 heteroatoms. The summed E-state index contributed by atoms with van der Waals surface area (Å²) >= 11 is 0. The zero-order valence-corrected chi connectivity index (χ0v) is 33.6. The van der Waals surface area contributed by atoms with Gasteiger partial charge in [-0.2, -0.15) is 0 Å². The molecule has 4 aromatic carbocycles. The Hall–Kier alpha value is -5.53. The number of H-pyrrole nitrogens is 1. The van der Waals surface area contributed by atoms with Crippen molar-refractivity contribution in [3.05, 3.63) is 130 Å². The molecule has 2 aliphatic rings. The van der Waals surface area contributed by atoms with Gasteiger partial charge < -0.3 is 39.8 Å². The maximum atomic E-state index is 12.9. The molecule has 318 valence electrons. The van der Waals surface area contributed by atoms with Crippen molar-refractivity contribution in [3.63, 3.8) is 0 Å². The Bertz CT molecular complexity index is 2230. The number of hydrogen-bond acceptors (Lipinski definition) is 9. The number of rotatable bonds is 18. The molecule has 1 aromatic heterocycles. The predicted octanol–water partition coefficient (Wildman–Crippen LogP) is 6.77. The number of anilines is 1. The van der Waals surface area contributed by atoms with Crippen molar-refractivity contribution in [1.29, 1.82) is 0 Å². The number of nitrogens with zero attached hydrogens (tertiary/aromatic N) is 2. The fourth-order valence-corrected chi connectivity index (χ4v) is 8.51. The van der Waals surface area contributed by atoms with Crippen LogP contribution in [0.1, 0.15) is 49.5 Å². The standard InChI is InChI=1S/C47H55N5O7.CH4/c1-51(23-21-48-29-43(54)39-14-16-42(53)46-40(39)15-17-44(55)50-46)45(56)20-25-58-24-19-33-9-7-8-32(26-33)18-22-52-30-35-27-37(28-36(35)31-52)59-47(57)49-41-13-6-5-12-38(41)34-10-3-2-4-11-34;/h2-17,26,35-37,43,48,53-54H,18-25,27-31H2,1H3,(H,49,57)(H,50,55);1H4. The van der Waals surface area contributed by atoms with Crippen LogP contribution in [0.25, 0.3) is 22.0 Å². The molecular weight excluding hydrogens is 759 g/mol. The lowest BCUT2D eigenvalue weighted by atomic mass is 10.0. The van der Waals surface area contributed by atoms with Gasteiger partial charge in [-0.15, -0.1) is 0 Å². The molecule has 5 aromatic rings. The van der Waals surface area contributed by atoms with Crippen LogP contribution in [0.5, 0.6) is 5.75 Å². The first-order valence-electron chi connectivity index (χ1n) is 20.7. The van der Waals surface area contributed by atoms with Crippen LogP contribution in [0.3, 0.4) is 0 Å². The third-order valence-electron chi connectivity index (χ3n) is 11.7. The van der Waals surface area contributed by atoms with Gasteiger partial charge in [0, 0.05) is 63.3 Å². The molecule has 0 spiro atoms. The first-order valence-corrected chi connectivity index (χ1v) is 20.7. The number of ether oxygens (including phenoxy) is 2. The SMILES string of the molecule is C.CN(CCNCC(O)c1ccc(O)c2[nH]c(=O)ccc12)C(=O)CCOCCc1cccc(CCN2CC3CC(OC(=O)Nc4ccccc4-c4ccccc4)CC3C2)c1. The number of aromatic nitrogens is 1. The number of aliphatic hydroxyl groups is 1. The summed E-state index contributed by atoms with van der Waals surface area (Å²) in [7, 11) is 1.75. The van der Waals surface area contributed by atoms with Crippen LogP contribution >= 0.6 is 0 Å². The van der Waals surface area contributed by atoms with E-state index in [1.54, 1.807) is 24.1 Å². The van der Waals surface area contributed by atoms with Gasteiger partial charge in [-0.1, -0.05) is 86.3 Å². The number of pyridine rings is 1. The lowest BCUT2D eigenvalue weighted by Crippen LogP contribution is -2.35. The number of amides is 2. The van der Waals surface area contributed by atoms with Crippen LogP contribution in [0.15, 0.2) is 108 Å². The summed E-state index contributed by atoms with van der Waals surface area (Å²) < 4.78 is 11.8. The van der Waals surface area contributed by atoms with Crippen LogP contribution in [0, 0.1) is 11.8 Å². The highest BCUT2D eigenvalue weighted by Crippen LogP contribution is 2.40. The zero-order chi connectivity index (χ0) is 41.1. The quantitative estimate of drug-likeness (QED) is 0.0603. The molecule has 60 heavy (non-hydrogen) atoms. The van der Waals surface area contributed by atoms with Crippen LogP contribution in [-0.2, 0) is 27.1 Å². The van der Waals surface area contributed by atoms with Gasteiger partial charge in [-0.25, -0.2) is 4.79 Å². The average molecular weight is 818 g/mol. The fourth-order valence-electron chi connectivity index (χ4n) is 8.51. The minimum absolute atomic E-state index is 0. The molecule has 1 aliphatic heterocycles. The van der Waals surface area contributed by atoms with Gasteiger partial charge in [-0.05, 0) is 78.0 Å². The molecule has 5 N–H and O–H groups in total. The van der Waals surface area contributed by atoms with Gasteiger partial charge in [-0.3, -0.25) is 14.9 Å². The number of aliphatic hydroxyl groups excluding tert-OH is 1. The van der Waals surface area contributed by atoms with E-state index in [4.69, 9.17) is 9.47 Å². The van der Waals surface area contributed by atoms with E-state index >= 15 is 0 Å². The maximum absolute atomic E-state index is 12.9. The Morgan fingerprint density at radius 2 is 1.63 bits per heavy atom. The molecule has 7 rings (SSSR count). The van der Waals surface area contributed by atoms with Crippen molar-refractivity contribution >= 4 is 28.6 Å². The molecule has 2 amide bonds. The van der Waals surface area contributed by atoms with Crippen molar-refractivity contribution < 1.29 is 29.3 Å².